The average molecular weight is 516 g/mol. The van der Waals surface area contributed by atoms with Gasteiger partial charge in [0.15, 0.2) is 5.82 Å². The van der Waals surface area contributed by atoms with Gasteiger partial charge >= 0.3 is 5.97 Å². The molecule has 15 heteroatoms. The first-order valence-electron chi connectivity index (χ1n) is 11.8. The van der Waals surface area contributed by atoms with Crippen molar-refractivity contribution in [2.24, 2.45) is 5.92 Å². The van der Waals surface area contributed by atoms with Crippen LogP contribution in [0.15, 0.2) is 18.3 Å². The van der Waals surface area contributed by atoms with Crippen LogP contribution in [0.5, 0.6) is 0 Å². The van der Waals surface area contributed by atoms with Crippen LogP contribution in [0.25, 0.3) is 0 Å². The van der Waals surface area contributed by atoms with Crippen molar-refractivity contribution in [3.63, 3.8) is 0 Å². The van der Waals surface area contributed by atoms with Crippen LogP contribution in [-0.4, -0.2) is 78.9 Å². The molecule has 0 radical (unpaired) electrons. The number of carbonyl (C=O) groups is 5. The molecule has 0 aromatic carbocycles. The number of aromatic amines is 1. The summed E-state index contributed by atoms with van der Waals surface area (Å²) in [6.07, 6.45) is 1.65. The number of fused-ring (bicyclic) bond motifs is 1. The van der Waals surface area contributed by atoms with Crippen molar-refractivity contribution in [3.05, 3.63) is 29.7 Å². The van der Waals surface area contributed by atoms with Gasteiger partial charge < -0.3 is 21.1 Å². The Morgan fingerprint density at radius 3 is 2.68 bits per heavy atom. The number of tetrazole rings is 1. The summed E-state index contributed by atoms with van der Waals surface area (Å²) in [5.74, 6) is -3.00. The first-order valence-corrected chi connectivity index (χ1v) is 11.8. The zero-order valence-corrected chi connectivity index (χ0v) is 20.4. The number of hydrogen-bond acceptors (Lipinski definition) is 9. The lowest BCUT2D eigenvalue weighted by Gasteiger charge is -2.26. The lowest BCUT2D eigenvalue weighted by molar-refractivity contribution is -0.139. The van der Waals surface area contributed by atoms with Crippen molar-refractivity contribution >= 4 is 35.4 Å². The second-order valence-electron chi connectivity index (χ2n) is 8.56. The lowest BCUT2D eigenvalue weighted by Crippen LogP contribution is -2.54. The minimum Gasteiger partial charge on any atom is -0.481 e. The van der Waals surface area contributed by atoms with E-state index in [4.69, 9.17) is 5.11 Å². The van der Waals surface area contributed by atoms with E-state index in [2.05, 4.69) is 41.6 Å². The SMILES string of the molecule is CC[C@H](C)[C@H](NC(=O)CCC(=O)O)C(=O)NCC(=O)N1c2ncccc2C[C@H]1C(=O)NCc1nn[nH]n1. The molecule has 1 aliphatic rings. The molecular formula is C22H29N9O6. The third-order valence-electron chi connectivity index (χ3n) is 5.99. The summed E-state index contributed by atoms with van der Waals surface area (Å²) in [5.41, 5.74) is 0.699. The average Bonchev–Trinajstić information content (AvgIpc) is 3.55. The maximum absolute atomic E-state index is 13.2. The summed E-state index contributed by atoms with van der Waals surface area (Å²) in [4.78, 5) is 67.4. The Morgan fingerprint density at radius 1 is 1.22 bits per heavy atom. The van der Waals surface area contributed by atoms with Crippen LogP contribution in [0.2, 0.25) is 0 Å². The minimum absolute atomic E-state index is 0.00648. The molecule has 0 spiro atoms. The number of amides is 4. The third-order valence-corrected chi connectivity index (χ3v) is 5.99. The second kappa shape index (κ2) is 12.5. The van der Waals surface area contributed by atoms with Gasteiger partial charge in [0.2, 0.25) is 23.6 Å². The number of nitrogens with zero attached hydrogens (tertiary/aromatic N) is 5. The van der Waals surface area contributed by atoms with E-state index >= 15 is 0 Å². The molecular weight excluding hydrogens is 486 g/mol. The van der Waals surface area contributed by atoms with Gasteiger partial charge in [-0.05, 0) is 17.5 Å². The Bertz CT molecular complexity index is 1140. The fourth-order valence-corrected chi connectivity index (χ4v) is 3.82. The Hall–Kier alpha value is -4.43. The summed E-state index contributed by atoms with van der Waals surface area (Å²) in [6, 6.07) is 1.60. The van der Waals surface area contributed by atoms with Gasteiger partial charge in [-0.3, -0.25) is 28.9 Å². The number of H-pyrrole nitrogens is 1. The van der Waals surface area contributed by atoms with E-state index in [0.717, 1.165) is 0 Å². The number of carboxylic acid groups (broad SMARTS) is 1. The molecule has 2 aromatic heterocycles. The Labute approximate surface area is 211 Å². The maximum Gasteiger partial charge on any atom is 0.303 e. The zero-order chi connectivity index (χ0) is 26.9. The standard InChI is InChI=1S/C22H29N9O6/c1-3-12(2)19(26-16(32)6-7-18(34)35)22(37)25-11-17(33)31-14(9-13-5-4-8-23-20(13)31)21(36)24-10-15-27-29-30-28-15/h4-5,8,12,14,19H,3,6-7,9-11H2,1-2H3,(H,24,36)(H,25,37)(H,26,32)(H,34,35)(H,27,28,29,30)/t12-,14-,19-/m0/s1. The van der Waals surface area contributed by atoms with Crippen LogP contribution in [0.3, 0.4) is 0 Å². The maximum atomic E-state index is 13.2. The number of aliphatic carboxylic acids is 1. The van der Waals surface area contributed by atoms with Crippen LogP contribution in [0.4, 0.5) is 5.82 Å². The van der Waals surface area contributed by atoms with Gasteiger partial charge in [-0.2, -0.15) is 5.21 Å². The van der Waals surface area contributed by atoms with Crippen LogP contribution in [0.1, 0.15) is 44.5 Å². The van der Waals surface area contributed by atoms with Crippen molar-refractivity contribution in [1.82, 2.24) is 41.6 Å². The lowest BCUT2D eigenvalue weighted by atomic mass is 9.98. The number of nitrogens with one attached hydrogen (secondary N) is 4. The van der Waals surface area contributed by atoms with Gasteiger partial charge in [0.25, 0.3) is 0 Å². The summed E-state index contributed by atoms with van der Waals surface area (Å²) in [5, 5.41) is 29.8. The quantitative estimate of drug-likeness (QED) is 0.225. The number of anilines is 1. The topological polar surface area (TPSA) is 212 Å². The zero-order valence-electron chi connectivity index (χ0n) is 20.4. The first-order chi connectivity index (χ1) is 17.7. The van der Waals surface area contributed by atoms with E-state index < -0.39 is 48.2 Å². The van der Waals surface area contributed by atoms with Crippen molar-refractivity contribution in [3.8, 4) is 0 Å². The fraction of sp³-hybridized carbons (Fsp3) is 0.500. The molecule has 0 fully saturated rings. The molecule has 0 saturated carbocycles. The van der Waals surface area contributed by atoms with E-state index in [1.807, 2.05) is 6.92 Å². The summed E-state index contributed by atoms with van der Waals surface area (Å²) >= 11 is 0. The van der Waals surface area contributed by atoms with E-state index in [0.29, 0.717) is 17.8 Å². The molecule has 0 aliphatic carbocycles. The van der Waals surface area contributed by atoms with Gasteiger partial charge in [-0.25, -0.2) is 4.98 Å². The molecule has 3 heterocycles. The van der Waals surface area contributed by atoms with Gasteiger partial charge in [-0.15, -0.1) is 10.2 Å². The molecule has 5 N–H and O–H groups in total. The van der Waals surface area contributed by atoms with E-state index in [-0.39, 0.29) is 37.5 Å². The second-order valence-corrected chi connectivity index (χ2v) is 8.56. The third kappa shape index (κ3) is 7.05. The summed E-state index contributed by atoms with van der Waals surface area (Å²) in [7, 11) is 0. The largest absolute Gasteiger partial charge is 0.481 e. The molecule has 3 atom stereocenters. The highest BCUT2D eigenvalue weighted by Gasteiger charge is 2.39. The molecule has 2 aromatic rings. The molecule has 198 valence electrons. The predicted molar refractivity (Wildman–Crippen MR) is 127 cm³/mol. The molecule has 0 saturated heterocycles. The van der Waals surface area contributed by atoms with Crippen LogP contribution < -0.4 is 20.9 Å². The molecule has 0 unspecified atom stereocenters. The van der Waals surface area contributed by atoms with Crippen molar-refractivity contribution < 1.29 is 29.1 Å². The van der Waals surface area contributed by atoms with Gasteiger partial charge in [-0.1, -0.05) is 31.5 Å². The number of carbonyl (C=O) groups excluding carboxylic acids is 4. The molecule has 0 bridgehead atoms. The number of carboxylic acids is 1. The van der Waals surface area contributed by atoms with Crippen molar-refractivity contribution in [2.75, 3.05) is 11.4 Å². The summed E-state index contributed by atoms with van der Waals surface area (Å²) in [6.45, 7) is 3.16. The number of aromatic nitrogens is 5. The highest BCUT2D eigenvalue weighted by atomic mass is 16.4. The normalized spacial score (nSPS) is 15.8. The molecule has 15 nitrogen and oxygen atoms in total. The highest BCUT2D eigenvalue weighted by Crippen LogP contribution is 2.30. The van der Waals surface area contributed by atoms with Crippen molar-refractivity contribution in [2.45, 2.75) is 58.2 Å². The van der Waals surface area contributed by atoms with Gasteiger partial charge in [0, 0.05) is 19.0 Å². The Morgan fingerprint density at radius 2 is 2.00 bits per heavy atom. The highest BCUT2D eigenvalue weighted by molar-refractivity contribution is 6.04. The fourth-order valence-electron chi connectivity index (χ4n) is 3.82. The molecule has 3 rings (SSSR count). The van der Waals surface area contributed by atoms with Gasteiger partial charge in [0.05, 0.1) is 19.5 Å². The first kappa shape index (κ1) is 27.2. The Balaban J connectivity index is 1.67. The monoisotopic (exact) mass is 515 g/mol. The van der Waals surface area contributed by atoms with Crippen molar-refractivity contribution in [1.29, 1.82) is 0 Å². The van der Waals surface area contributed by atoms with Crippen LogP contribution >= 0.6 is 0 Å². The van der Waals surface area contributed by atoms with Crippen LogP contribution in [0, 0.1) is 5.92 Å². The molecule has 4 amide bonds. The Kier molecular flexibility index (Phi) is 9.18. The number of pyridine rings is 1. The van der Waals surface area contributed by atoms with E-state index in [9.17, 15) is 24.0 Å². The number of rotatable bonds is 12. The van der Waals surface area contributed by atoms with E-state index in [1.165, 1.54) is 11.1 Å². The number of hydrogen-bond donors (Lipinski definition) is 5. The molecule has 1 aliphatic heterocycles. The van der Waals surface area contributed by atoms with Crippen LogP contribution in [-0.2, 0) is 36.9 Å². The minimum atomic E-state index is -1.12. The smallest absolute Gasteiger partial charge is 0.303 e. The van der Waals surface area contributed by atoms with Gasteiger partial charge in [0.1, 0.15) is 17.9 Å². The summed E-state index contributed by atoms with van der Waals surface area (Å²) < 4.78 is 0. The molecule has 37 heavy (non-hydrogen) atoms. The predicted octanol–water partition coefficient (Wildman–Crippen LogP) is -1.32. The van der Waals surface area contributed by atoms with E-state index in [1.54, 1.807) is 19.1 Å².